The Labute approximate surface area is 161 Å². The van der Waals surface area contributed by atoms with Crippen molar-refractivity contribution >= 4 is 40.1 Å². The summed E-state index contributed by atoms with van der Waals surface area (Å²) in [5.41, 5.74) is 1.81. The average Bonchev–Trinajstić information content (AvgIpc) is 2.65. The minimum atomic E-state index is -0.471. The number of likely N-dealkylation sites (N-methyl/N-ethyl adjacent to an activating group) is 1. The molecule has 1 fully saturated rings. The van der Waals surface area contributed by atoms with E-state index >= 15 is 0 Å². The van der Waals surface area contributed by atoms with Gasteiger partial charge in [-0.3, -0.25) is 0 Å². The Morgan fingerprint density at radius 2 is 2.15 bits per heavy atom. The van der Waals surface area contributed by atoms with Crippen molar-refractivity contribution in [1.29, 1.82) is 0 Å². The topological polar surface area (TPSA) is 78.9 Å². The molecule has 1 atom stereocenters. The molecule has 0 aliphatic carbocycles. The van der Waals surface area contributed by atoms with Gasteiger partial charge in [0.15, 0.2) is 5.82 Å². The number of aromatic nitrogens is 4. The molecule has 1 aliphatic rings. The molecule has 27 heavy (non-hydrogen) atoms. The molecule has 1 aliphatic heterocycles. The lowest BCUT2D eigenvalue weighted by atomic mass is 10.1. The monoisotopic (exact) mass is 387 g/mol. The number of fused-ring (bicyclic) bond motifs is 1. The fraction of sp³-hybridized carbons (Fsp3) is 0.333. The van der Waals surface area contributed by atoms with Gasteiger partial charge in [-0.2, -0.15) is 0 Å². The SMILES string of the molecule is CN1CCCC(Nc2ncc3ncnc(Nc4ccc(F)c(Cl)c4)c3n2)C1. The summed E-state index contributed by atoms with van der Waals surface area (Å²) < 4.78 is 13.4. The second-order valence-corrected chi connectivity index (χ2v) is 7.06. The largest absolute Gasteiger partial charge is 0.350 e. The second kappa shape index (κ2) is 7.58. The van der Waals surface area contributed by atoms with E-state index in [-0.39, 0.29) is 5.02 Å². The zero-order chi connectivity index (χ0) is 18.8. The summed E-state index contributed by atoms with van der Waals surface area (Å²) in [5.74, 6) is 0.577. The van der Waals surface area contributed by atoms with Crippen LogP contribution in [-0.2, 0) is 0 Å². The lowest BCUT2D eigenvalue weighted by Crippen LogP contribution is -2.40. The highest BCUT2D eigenvalue weighted by molar-refractivity contribution is 6.31. The number of hydrogen-bond donors (Lipinski definition) is 2. The Bertz CT molecular complexity index is 968. The summed E-state index contributed by atoms with van der Waals surface area (Å²) >= 11 is 5.86. The molecule has 1 aromatic carbocycles. The van der Waals surface area contributed by atoms with Crippen molar-refractivity contribution in [1.82, 2.24) is 24.8 Å². The quantitative estimate of drug-likeness (QED) is 0.709. The number of hydrogen-bond acceptors (Lipinski definition) is 7. The Balaban J connectivity index is 1.61. The number of nitrogens with one attached hydrogen (secondary N) is 2. The number of nitrogens with zero attached hydrogens (tertiary/aromatic N) is 5. The van der Waals surface area contributed by atoms with Crippen LogP contribution in [0.1, 0.15) is 12.8 Å². The first-order chi connectivity index (χ1) is 13.1. The Kier molecular flexibility index (Phi) is 5.00. The van der Waals surface area contributed by atoms with Crippen LogP contribution in [0.3, 0.4) is 0 Å². The van der Waals surface area contributed by atoms with Gasteiger partial charge in [0.25, 0.3) is 0 Å². The molecule has 0 radical (unpaired) electrons. The van der Waals surface area contributed by atoms with Gasteiger partial charge in [-0.05, 0) is 44.6 Å². The van der Waals surface area contributed by atoms with Gasteiger partial charge in [0.05, 0.1) is 11.2 Å². The molecule has 0 bridgehead atoms. The predicted molar refractivity (Wildman–Crippen MR) is 104 cm³/mol. The Hall–Kier alpha value is -2.58. The highest BCUT2D eigenvalue weighted by atomic mass is 35.5. The summed E-state index contributed by atoms with van der Waals surface area (Å²) in [6.45, 7) is 2.06. The van der Waals surface area contributed by atoms with Gasteiger partial charge in [-0.25, -0.2) is 24.3 Å². The first-order valence-electron chi connectivity index (χ1n) is 8.73. The first-order valence-corrected chi connectivity index (χ1v) is 9.11. The average molecular weight is 388 g/mol. The molecule has 3 aromatic rings. The number of benzene rings is 1. The molecule has 7 nitrogen and oxygen atoms in total. The summed E-state index contributed by atoms with van der Waals surface area (Å²) in [6.07, 6.45) is 5.32. The van der Waals surface area contributed by atoms with Gasteiger partial charge in [0, 0.05) is 18.3 Å². The third kappa shape index (κ3) is 4.06. The van der Waals surface area contributed by atoms with E-state index in [0.29, 0.717) is 34.5 Å². The molecular weight excluding hydrogens is 369 g/mol. The van der Waals surface area contributed by atoms with E-state index in [1.807, 2.05) is 0 Å². The maximum atomic E-state index is 13.4. The first kappa shape index (κ1) is 17.8. The number of halogens is 2. The molecule has 0 saturated carbocycles. The third-order valence-corrected chi connectivity index (χ3v) is 4.81. The van der Waals surface area contributed by atoms with E-state index in [1.54, 1.807) is 12.3 Å². The summed E-state index contributed by atoms with van der Waals surface area (Å²) in [7, 11) is 2.11. The van der Waals surface area contributed by atoms with Crippen LogP contribution in [0.5, 0.6) is 0 Å². The third-order valence-electron chi connectivity index (χ3n) is 4.52. The summed E-state index contributed by atoms with van der Waals surface area (Å²) in [5, 5.41) is 6.56. The number of likely N-dealkylation sites (tertiary alicyclic amines) is 1. The van der Waals surface area contributed by atoms with Crippen molar-refractivity contribution in [3.05, 3.63) is 41.6 Å². The molecule has 2 N–H and O–H groups in total. The van der Waals surface area contributed by atoms with E-state index < -0.39 is 5.82 Å². The molecule has 0 spiro atoms. The van der Waals surface area contributed by atoms with Crippen molar-refractivity contribution < 1.29 is 4.39 Å². The maximum absolute atomic E-state index is 13.4. The van der Waals surface area contributed by atoms with E-state index in [1.165, 1.54) is 18.5 Å². The number of rotatable bonds is 4. The molecule has 140 valence electrons. The smallest absolute Gasteiger partial charge is 0.223 e. The van der Waals surface area contributed by atoms with Gasteiger partial charge in [0.2, 0.25) is 5.95 Å². The van der Waals surface area contributed by atoms with E-state index in [9.17, 15) is 4.39 Å². The highest BCUT2D eigenvalue weighted by Crippen LogP contribution is 2.25. The van der Waals surface area contributed by atoms with Crippen molar-refractivity contribution in [3.63, 3.8) is 0 Å². The van der Waals surface area contributed by atoms with Crippen LogP contribution >= 0.6 is 11.6 Å². The molecular formula is C18H19ClFN7. The molecule has 4 rings (SSSR count). The minimum Gasteiger partial charge on any atom is -0.350 e. The lowest BCUT2D eigenvalue weighted by Gasteiger charge is -2.30. The molecule has 0 amide bonds. The van der Waals surface area contributed by atoms with Gasteiger partial charge < -0.3 is 15.5 Å². The van der Waals surface area contributed by atoms with E-state index in [2.05, 4.69) is 42.5 Å². The zero-order valence-corrected chi connectivity index (χ0v) is 15.5. The molecule has 9 heteroatoms. The number of anilines is 3. The van der Waals surface area contributed by atoms with Gasteiger partial charge in [-0.1, -0.05) is 11.6 Å². The van der Waals surface area contributed by atoms with Crippen LogP contribution in [0.2, 0.25) is 5.02 Å². The van der Waals surface area contributed by atoms with Gasteiger partial charge in [0.1, 0.15) is 23.2 Å². The lowest BCUT2D eigenvalue weighted by molar-refractivity contribution is 0.260. The van der Waals surface area contributed by atoms with E-state index in [0.717, 1.165) is 25.9 Å². The Morgan fingerprint density at radius 1 is 1.26 bits per heavy atom. The fourth-order valence-electron chi connectivity index (χ4n) is 3.19. The minimum absolute atomic E-state index is 0.0387. The van der Waals surface area contributed by atoms with Crippen molar-refractivity contribution in [2.45, 2.75) is 18.9 Å². The van der Waals surface area contributed by atoms with Crippen molar-refractivity contribution in [2.75, 3.05) is 30.8 Å². The summed E-state index contributed by atoms with van der Waals surface area (Å²) in [6, 6.07) is 4.70. The van der Waals surface area contributed by atoms with Crippen LogP contribution in [0.4, 0.5) is 21.8 Å². The highest BCUT2D eigenvalue weighted by Gasteiger charge is 2.18. The van der Waals surface area contributed by atoms with Crippen molar-refractivity contribution in [2.24, 2.45) is 0 Å². The molecule has 1 unspecified atom stereocenters. The molecule has 1 saturated heterocycles. The van der Waals surface area contributed by atoms with E-state index in [4.69, 9.17) is 11.6 Å². The predicted octanol–water partition coefficient (Wildman–Crippen LogP) is 3.46. The van der Waals surface area contributed by atoms with Crippen LogP contribution in [0, 0.1) is 5.82 Å². The van der Waals surface area contributed by atoms with Crippen LogP contribution < -0.4 is 10.6 Å². The van der Waals surface area contributed by atoms with Crippen LogP contribution in [-0.4, -0.2) is 51.0 Å². The van der Waals surface area contributed by atoms with Gasteiger partial charge in [-0.15, -0.1) is 0 Å². The normalized spacial score (nSPS) is 17.8. The van der Waals surface area contributed by atoms with Crippen LogP contribution in [0.15, 0.2) is 30.7 Å². The molecule has 3 heterocycles. The maximum Gasteiger partial charge on any atom is 0.223 e. The Morgan fingerprint density at radius 3 is 2.96 bits per heavy atom. The standard InChI is InChI=1S/C18H19ClFN7/c1-27-6-2-3-12(9-27)25-18-21-8-15-16(26-18)17(23-10-22-15)24-11-4-5-14(20)13(19)7-11/h4-5,7-8,10,12H,2-3,6,9H2,1H3,(H,21,25,26)(H,22,23,24). The van der Waals surface area contributed by atoms with Gasteiger partial charge >= 0.3 is 0 Å². The second-order valence-electron chi connectivity index (χ2n) is 6.65. The number of piperidine rings is 1. The molecule has 2 aromatic heterocycles. The fourth-order valence-corrected chi connectivity index (χ4v) is 3.37. The van der Waals surface area contributed by atoms with Crippen LogP contribution in [0.25, 0.3) is 11.0 Å². The van der Waals surface area contributed by atoms with Crippen molar-refractivity contribution in [3.8, 4) is 0 Å². The zero-order valence-electron chi connectivity index (χ0n) is 14.8. The summed E-state index contributed by atoms with van der Waals surface area (Å²) in [4.78, 5) is 19.7.